The molecule has 1 aromatic carbocycles. The van der Waals surface area contributed by atoms with Gasteiger partial charge in [-0.1, -0.05) is 12.1 Å². The summed E-state index contributed by atoms with van der Waals surface area (Å²) >= 11 is 0. The topological polar surface area (TPSA) is 62.9 Å². The molecule has 5 heteroatoms. The number of methoxy groups -OCH3 is 1. The highest BCUT2D eigenvalue weighted by molar-refractivity contribution is 5.88. The Bertz CT molecular complexity index is 723. The molecule has 1 aliphatic rings. The monoisotopic (exact) mass is 331 g/mol. The summed E-state index contributed by atoms with van der Waals surface area (Å²) in [4.78, 5) is 14.4. The maximum absolute atomic E-state index is 12.7. The Morgan fingerprint density at radius 2 is 2.21 bits per heavy atom. The molecule has 3 rings (SSSR count). The van der Waals surface area contributed by atoms with Crippen molar-refractivity contribution < 1.29 is 19.1 Å². The predicted octanol–water partition coefficient (Wildman–Crippen LogP) is 2.67. The van der Waals surface area contributed by atoms with Crippen LogP contribution in [0.5, 0.6) is 0 Å². The van der Waals surface area contributed by atoms with Gasteiger partial charge in [-0.25, -0.2) is 0 Å². The molecule has 1 amide bonds. The molecule has 0 spiro atoms. The standard InChI is InChI=1S/C19H25NO4/c1-12-7-8-14-13(11-24-17(14)9-12)10-18(21)20(2)15-5-4-6-16(23-3)19(15)22/h7-9,11,15-16,19,22H,4-6,10H2,1-3H3/t15-,16-,19-/m1/s1. The lowest BCUT2D eigenvalue weighted by Gasteiger charge is -2.39. The van der Waals surface area contributed by atoms with Crippen LogP contribution in [0.3, 0.4) is 0 Å². The van der Waals surface area contributed by atoms with Gasteiger partial charge in [0.2, 0.25) is 5.91 Å². The summed E-state index contributed by atoms with van der Waals surface area (Å²) in [5, 5.41) is 11.4. The van der Waals surface area contributed by atoms with Crippen molar-refractivity contribution in [2.45, 2.75) is 50.9 Å². The zero-order valence-electron chi connectivity index (χ0n) is 14.5. The fourth-order valence-electron chi connectivity index (χ4n) is 3.60. The van der Waals surface area contributed by atoms with E-state index in [4.69, 9.17) is 9.15 Å². The average molecular weight is 331 g/mol. The quantitative estimate of drug-likeness (QED) is 0.935. The van der Waals surface area contributed by atoms with E-state index in [0.29, 0.717) is 0 Å². The Kier molecular flexibility index (Phi) is 4.92. The number of aliphatic hydroxyl groups is 1. The van der Waals surface area contributed by atoms with E-state index in [2.05, 4.69) is 0 Å². The van der Waals surface area contributed by atoms with E-state index < -0.39 is 6.10 Å². The van der Waals surface area contributed by atoms with E-state index in [0.717, 1.165) is 41.4 Å². The maximum Gasteiger partial charge on any atom is 0.227 e. The Balaban J connectivity index is 1.73. The molecule has 0 saturated heterocycles. The SMILES string of the molecule is CO[C@@H]1CCC[C@@H](N(C)C(=O)Cc2coc3cc(C)ccc23)[C@H]1O. The third kappa shape index (κ3) is 3.19. The van der Waals surface area contributed by atoms with Crippen LogP contribution >= 0.6 is 0 Å². The van der Waals surface area contributed by atoms with Crippen LogP contribution in [-0.2, 0) is 16.0 Å². The van der Waals surface area contributed by atoms with E-state index in [1.54, 1.807) is 25.3 Å². The summed E-state index contributed by atoms with van der Waals surface area (Å²) in [7, 11) is 3.37. The number of hydrogen-bond acceptors (Lipinski definition) is 4. The maximum atomic E-state index is 12.7. The number of aryl methyl sites for hydroxylation is 1. The zero-order chi connectivity index (χ0) is 17.3. The molecule has 1 saturated carbocycles. The van der Waals surface area contributed by atoms with Crippen molar-refractivity contribution in [2.24, 2.45) is 0 Å². The van der Waals surface area contributed by atoms with Gasteiger partial charge in [0.25, 0.3) is 0 Å². The van der Waals surface area contributed by atoms with Crippen LogP contribution < -0.4 is 0 Å². The molecule has 0 aliphatic heterocycles. The number of furan rings is 1. The van der Waals surface area contributed by atoms with E-state index in [9.17, 15) is 9.90 Å². The Morgan fingerprint density at radius 1 is 1.42 bits per heavy atom. The molecule has 130 valence electrons. The van der Waals surface area contributed by atoms with E-state index in [1.165, 1.54) is 0 Å². The van der Waals surface area contributed by atoms with Crippen molar-refractivity contribution in [1.29, 1.82) is 0 Å². The van der Waals surface area contributed by atoms with Crippen LogP contribution in [0, 0.1) is 6.92 Å². The van der Waals surface area contributed by atoms with Crippen molar-refractivity contribution in [3.63, 3.8) is 0 Å². The van der Waals surface area contributed by atoms with Gasteiger partial charge in [-0.15, -0.1) is 0 Å². The van der Waals surface area contributed by atoms with Crippen molar-refractivity contribution in [1.82, 2.24) is 4.90 Å². The summed E-state index contributed by atoms with van der Waals surface area (Å²) in [6.45, 7) is 2.01. The van der Waals surface area contributed by atoms with Gasteiger partial charge >= 0.3 is 0 Å². The minimum atomic E-state index is -0.638. The largest absolute Gasteiger partial charge is 0.464 e. The summed E-state index contributed by atoms with van der Waals surface area (Å²) in [6, 6.07) is 5.79. The molecule has 3 atom stereocenters. The van der Waals surface area contributed by atoms with Crippen LogP contribution in [0.15, 0.2) is 28.9 Å². The first-order valence-corrected chi connectivity index (χ1v) is 8.44. The molecule has 5 nitrogen and oxygen atoms in total. The van der Waals surface area contributed by atoms with Gasteiger partial charge in [0, 0.05) is 25.1 Å². The highest BCUT2D eigenvalue weighted by Crippen LogP contribution is 2.27. The van der Waals surface area contributed by atoms with Gasteiger partial charge in [0.1, 0.15) is 11.7 Å². The number of hydrogen-bond donors (Lipinski definition) is 1. The van der Waals surface area contributed by atoms with Gasteiger partial charge in [0.05, 0.1) is 24.8 Å². The molecule has 24 heavy (non-hydrogen) atoms. The van der Waals surface area contributed by atoms with Crippen molar-refractivity contribution in [3.8, 4) is 0 Å². The number of aliphatic hydroxyl groups excluding tert-OH is 1. The van der Waals surface area contributed by atoms with Crippen LogP contribution in [0.1, 0.15) is 30.4 Å². The number of likely N-dealkylation sites (N-methyl/N-ethyl adjacent to an activating group) is 1. The third-order valence-electron chi connectivity index (χ3n) is 5.11. The van der Waals surface area contributed by atoms with Gasteiger partial charge < -0.3 is 19.2 Å². The Morgan fingerprint density at radius 3 is 2.96 bits per heavy atom. The highest BCUT2D eigenvalue weighted by atomic mass is 16.5. The fraction of sp³-hybridized carbons (Fsp3) is 0.526. The minimum Gasteiger partial charge on any atom is -0.464 e. The number of rotatable bonds is 4. The Labute approximate surface area is 142 Å². The molecule has 1 heterocycles. The second-order valence-electron chi connectivity index (χ2n) is 6.70. The number of ether oxygens (including phenoxy) is 1. The average Bonchev–Trinajstić information content (AvgIpc) is 2.96. The summed E-state index contributed by atoms with van der Waals surface area (Å²) in [5.74, 6) is -0.0147. The smallest absolute Gasteiger partial charge is 0.227 e. The molecular formula is C19H25NO4. The van der Waals surface area contributed by atoms with Gasteiger partial charge in [0.15, 0.2) is 0 Å². The van der Waals surface area contributed by atoms with Crippen molar-refractivity contribution in [2.75, 3.05) is 14.2 Å². The molecule has 1 N–H and O–H groups in total. The first-order valence-electron chi connectivity index (χ1n) is 8.44. The molecule has 0 unspecified atom stereocenters. The summed E-state index contributed by atoms with van der Waals surface area (Å²) in [5.41, 5.74) is 2.82. The van der Waals surface area contributed by atoms with Gasteiger partial charge in [-0.3, -0.25) is 4.79 Å². The third-order valence-corrected chi connectivity index (χ3v) is 5.11. The molecule has 1 aromatic heterocycles. The molecule has 2 aromatic rings. The fourth-order valence-corrected chi connectivity index (χ4v) is 3.60. The van der Waals surface area contributed by atoms with E-state index in [1.807, 2.05) is 25.1 Å². The molecular weight excluding hydrogens is 306 g/mol. The number of nitrogens with zero attached hydrogens (tertiary/aromatic N) is 1. The first-order chi connectivity index (χ1) is 11.5. The number of carbonyl (C=O) groups excluding carboxylic acids is 1. The molecule has 1 fully saturated rings. The molecule has 0 bridgehead atoms. The predicted molar refractivity (Wildman–Crippen MR) is 91.9 cm³/mol. The highest BCUT2D eigenvalue weighted by Gasteiger charge is 2.36. The minimum absolute atomic E-state index is 0.0147. The van der Waals surface area contributed by atoms with Crippen molar-refractivity contribution in [3.05, 3.63) is 35.6 Å². The Hall–Kier alpha value is -1.85. The molecule has 1 aliphatic carbocycles. The van der Waals surface area contributed by atoms with Gasteiger partial charge in [-0.05, 0) is 37.8 Å². The number of amides is 1. The lowest BCUT2D eigenvalue weighted by atomic mass is 9.88. The summed E-state index contributed by atoms with van der Waals surface area (Å²) in [6.07, 6.45) is 3.68. The van der Waals surface area contributed by atoms with E-state index >= 15 is 0 Å². The van der Waals surface area contributed by atoms with E-state index in [-0.39, 0.29) is 24.5 Å². The number of benzene rings is 1. The summed E-state index contributed by atoms with van der Waals surface area (Å²) < 4.78 is 10.9. The van der Waals surface area contributed by atoms with Crippen LogP contribution in [-0.4, -0.2) is 48.3 Å². The van der Waals surface area contributed by atoms with Crippen LogP contribution in [0.4, 0.5) is 0 Å². The lowest BCUT2D eigenvalue weighted by molar-refractivity contribution is -0.139. The van der Waals surface area contributed by atoms with Crippen molar-refractivity contribution >= 4 is 16.9 Å². The lowest BCUT2D eigenvalue weighted by Crippen LogP contribution is -2.52. The number of fused-ring (bicyclic) bond motifs is 1. The zero-order valence-corrected chi connectivity index (χ0v) is 14.5. The number of carbonyl (C=O) groups is 1. The first kappa shape index (κ1) is 17.0. The normalized spacial score (nSPS) is 24.2. The van der Waals surface area contributed by atoms with Crippen LogP contribution in [0.2, 0.25) is 0 Å². The molecule has 0 radical (unpaired) electrons. The second-order valence-corrected chi connectivity index (χ2v) is 6.70. The van der Waals surface area contributed by atoms with Gasteiger partial charge in [-0.2, -0.15) is 0 Å². The van der Waals surface area contributed by atoms with Crippen LogP contribution in [0.25, 0.3) is 11.0 Å². The second kappa shape index (κ2) is 6.95.